The Balaban J connectivity index is 0.000000141. The number of fused-ring (bicyclic) bond motifs is 2. The molecular weight excluding hydrogens is 304 g/mol. The first-order valence-electron chi connectivity index (χ1n) is 7.86. The largest absolute Gasteiger partial charge is 0.285 e. The van der Waals surface area contributed by atoms with Crippen LogP contribution in [0.4, 0.5) is 0 Å². The number of hydrogen-bond acceptors (Lipinski definition) is 6. The zero-order valence-corrected chi connectivity index (χ0v) is 14.2. The summed E-state index contributed by atoms with van der Waals surface area (Å²) >= 11 is 0. The predicted molar refractivity (Wildman–Crippen MR) is 89.7 cm³/mol. The number of nitrogens with zero attached hydrogens (tertiary/aromatic N) is 8. The van der Waals surface area contributed by atoms with Crippen molar-refractivity contribution in [3.8, 4) is 0 Å². The third kappa shape index (κ3) is 3.08. The van der Waals surface area contributed by atoms with Crippen LogP contribution in [-0.4, -0.2) is 38.9 Å². The molecule has 0 fully saturated rings. The molecule has 0 spiro atoms. The van der Waals surface area contributed by atoms with Gasteiger partial charge in [0, 0.05) is 36.4 Å². The molecule has 124 valence electrons. The predicted octanol–water partition coefficient (Wildman–Crippen LogP) is 2.50. The third-order valence-electron chi connectivity index (χ3n) is 3.58. The van der Waals surface area contributed by atoms with Crippen molar-refractivity contribution in [1.29, 1.82) is 0 Å². The van der Waals surface area contributed by atoms with Crippen LogP contribution < -0.4 is 0 Å². The monoisotopic (exact) mass is 324 g/mol. The van der Waals surface area contributed by atoms with Gasteiger partial charge in [-0.05, 0) is 5.92 Å². The molecule has 0 N–H and O–H groups in total. The molecule has 0 aliphatic heterocycles. The summed E-state index contributed by atoms with van der Waals surface area (Å²) in [5, 5.41) is 7.76. The van der Waals surface area contributed by atoms with E-state index in [4.69, 9.17) is 0 Å². The van der Waals surface area contributed by atoms with Crippen molar-refractivity contribution in [2.45, 2.75) is 39.5 Å². The highest BCUT2D eigenvalue weighted by Gasteiger charge is 2.06. The second kappa shape index (κ2) is 6.69. The van der Waals surface area contributed by atoms with Gasteiger partial charge in [0.1, 0.15) is 12.2 Å². The van der Waals surface area contributed by atoms with Gasteiger partial charge in [-0.25, -0.2) is 19.9 Å². The molecule has 0 saturated carbocycles. The first kappa shape index (κ1) is 16.0. The fraction of sp³-hybridized carbons (Fsp3) is 0.375. The molecule has 0 radical (unpaired) electrons. The molecule has 4 heterocycles. The van der Waals surface area contributed by atoms with Crippen LogP contribution in [-0.2, 0) is 0 Å². The lowest BCUT2D eigenvalue weighted by Gasteiger charge is -2.05. The van der Waals surface area contributed by atoms with Crippen molar-refractivity contribution in [2.75, 3.05) is 0 Å². The van der Waals surface area contributed by atoms with E-state index in [0.717, 1.165) is 11.5 Å². The van der Waals surface area contributed by atoms with Crippen molar-refractivity contribution in [3.63, 3.8) is 0 Å². The molecule has 8 nitrogen and oxygen atoms in total. The fourth-order valence-electron chi connectivity index (χ4n) is 2.40. The first-order chi connectivity index (χ1) is 11.6. The summed E-state index contributed by atoms with van der Waals surface area (Å²) in [6.45, 7) is 8.44. The van der Waals surface area contributed by atoms with Crippen LogP contribution in [0.1, 0.15) is 51.0 Å². The van der Waals surface area contributed by atoms with Crippen LogP contribution in [0.2, 0.25) is 0 Å². The van der Waals surface area contributed by atoms with Crippen LogP contribution in [0.25, 0.3) is 11.6 Å². The Morgan fingerprint density at radius 2 is 1.50 bits per heavy atom. The molecule has 0 aliphatic rings. The van der Waals surface area contributed by atoms with Crippen molar-refractivity contribution < 1.29 is 0 Å². The van der Waals surface area contributed by atoms with Gasteiger partial charge in [-0.3, -0.25) is 8.80 Å². The Morgan fingerprint density at radius 1 is 0.792 bits per heavy atom. The molecule has 0 atom stereocenters. The molecule has 4 aromatic rings. The van der Waals surface area contributed by atoms with Crippen LogP contribution in [0.15, 0.2) is 37.3 Å². The summed E-state index contributed by atoms with van der Waals surface area (Å²) in [4.78, 5) is 16.3. The van der Waals surface area contributed by atoms with E-state index in [1.165, 1.54) is 0 Å². The van der Waals surface area contributed by atoms with Gasteiger partial charge in [0.05, 0.1) is 6.20 Å². The Labute approximate surface area is 139 Å². The molecule has 24 heavy (non-hydrogen) atoms. The molecule has 4 rings (SSSR count). The lowest BCUT2D eigenvalue weighted by atomic mass is 10.1. The zero-order chi connectivity index (χ0) is 17.1. The molecule has 4 aromatic heterocycles. The second-order valence-corrected chi connectivity index (χ2v) is 6.01. The highest BCUT2D eigenvalue weighted by atomic mass is 15.2. The molecule has 8 heteroatoms. The first-order valence-corrected chi connectivity index (χ1v) is 7.86. The van der Waals surface area contributed by atoms with Crippen LogP contribution in [0.3, 0.4) is 0 Å². The van der Waals surface area contributed by atoms with Gasteiger partial charge in [-0.15, -0.1) is 5.10 Å². The number of aromatic nitrogens is 8. The quantitative estimate of drug-likeness (QED) is 0.563. The summed E-state index contributed by atoms with van der Waals surface area (Å²) in [6.07, 6.45) is 10.6. The summed E-state index contributed by atoms with van der Waals surface area (Å²) < 4.78 is 3.86. The van der Waals surface area contributed by atoms with E-state index in [0.29, 0.717) is 23.4 Å². The maximum atomic E-state index is 4.19. The van der Waals surface area contributed by atoms with Crippen molar-refractivity contribution in [1.82, 2.24) is 38.9 Å². The van der Waals surface area contributed by atoms with Crippen LogP contribution >= 0.6 is 0 Å². The highest BCUT2D eigenvalue weighted by molar-refractivity contribution is 5.28. The van der Waals surface area contributed by atoms with E-state index in [1.54, 1.807) is 24.9 Å². The van der Waals surface area contributed by atoms with Gasteiger partial charge in [0.2, 0.25) is 5.78 Å². The van der Waals surface area contributed by atoms with Crippen molar-refractivity contribution in [2.24, 2.45) is 0 Å². The fourth-order valence-corrected chi connectivity index (χ4v) is 2.40. The smallest absolute Gasteiger partial charge is 0.253 e. The zero-order valence-electron chi connectivity index (χ0n) is 14.2. The Kier molecular flexibility index (Phi) is 4.45. The SMILES string of the molecule is CC(C)c1cnnc2nccn12.CC(C)c1ncnc2nccn12. The van der Waals surface area contributed by atoms with Gasteiger partial charge >= 0.3 is 0 Å². The van der Waals surface area contributed by atoms with E-state index < -0.39 is 0 Å². The van der Waals surface area contributed by atoms with Gasteiger partial charge in [0.25, 0.3) is 5.78 Å². The minimum atomic E-state index is 0.393. The molecule has 0 amide bonds. The van der Waals surface area contributed by atoms with Gasteiger partial charge in [-0.1, -0.05) is 27.7 Å². The third-order valence-corrected chi connectivity index (χ3v) is 3.58. The number of hydrogen-bond donors (Lipinski definition) is 0. The molecule has 0 unspecified atom stereocenters. The topological polar surface area (TPSA) is 86.2 Å². The lowest BCUT2D eigenvalue weighted by Crippen LogP contribution is -2.02. The van der Waals surface area contributed by atoms with Gasteiger partial charge in [0.15, 0.2) is 0 Å². The minimum absolute atomic E-state index is 0.393. The average Bonchev–Trinajstić information content (AvgIpc) is 3.23. The molecule has 0 bridgehead atoms. The molecule has 0 aliphatic carbocycles. The maximum Gasteiger partial charge on any atom is 0.253 e. The summed E-state index contributed by atoms with van der Waals surface area (Å²) in [5.41, 5.74) is 1.14. The van der Waals surface area contributed by atoms with E-state index in [1.807, 2.05) is 21.2 Å². The summed E-state index contributed by atoms with van der Waals surface area (Å²) in [5.74, 6) is 3.22. The van der Waals surface area contributed by atoms with Gasteiger partial charge < -0.3 is 0 Å². The number of imidazole rings is 2. The summed E-state index contributed by atoms with van der Waals surface area (Å²) in [7, 11) is 0. The lowest BCUT2D eigenvalue weighted by molar-refractivity contribution is 0.740. The standard InChI is InChI=1S/2C8H10N4/c1-6(2)7-10-5-11-8-9-3-4-12(7)8;1-6(2)7-5-10-11-8-9-3-4-12(7)8/h2*3-6H,1-2H3. The Morgan fingerprint density at radius 3 is 2.21 bits per heavy atom. The highest BCUT2D eigenvalue weighted by Crippen LogP contribution is 2.12. The van der Waals surface area contributed by atoms with Gasteiger partial charge in [-0.2, -0.15) is 5.10 Å². The summed E-state index contributed by atoms with van der Waals surface area (Å²) in [6, 6.07) is 0. The van der Waals surface area contributed by atoms with E-state index >= 15 is 0 Å². The minimum Gasteiger partial charge on any atom is -0.285 e. The molecule has 0 aromatic carbocycles. The Bertz CT molecular complexity index is 859. The van der Waals surface area contributed by atoms with Crippen molar-refractivity contribution in [3.05, 3.63) is 48.8 Å². The molecular formula is C16H20N8. The van der Waals surface area contributed by atoms with Crippen molar-refractivity contribution >= 4 is 11.6 Å². The van der Waals surface area contributed by atoms with Crippen LogP contribution in [0.5, 0.6) is 0 Å². The number of rotatable bonds is 2. The van der Waals surface area contributed by atoms with E-state index in [2.05, 4.69) is 57.8 Å². The Hall–Kier alpha value is -2.90. The van der Waals surface area contributed by atoms with E-state index in [-0.39, 0.29) is 0 Å². The normalized spacial score (nSPS) is 11.2. The maximum absolute atomic E-state index is 4.19. The van der Waals surface area contributed by atoms with E-state index in [9.17, 15) is 0 Å². The second-order valence-electron chi connectivity index (χ2n) is 6.01. The van der Waals surface area contributed by atoms with Crippen LogP contribution in [0, 0.1) is 0 Å². The molecule has 0 saturated heterocycles. The average molecular weight is 324 g/mol.